The maximum atomic E-state index is 12.6. The SMILES string of the molecule is COCCN(CCO)C(=O)C(/C(N)=N/O)c1ccccc1. The summed E-state index contributed by atoms with van der Waals surface area (Å²) < 4.78 is 4.95. The zero-order valence-electron chi connectivity index (χ0n) is 12.0. The second-order valence-electron chi connectivity index (χ2n) is 4.41. The Labute approximate surface area is 123 Å². The Morgan fingerprint density at radius 3 is 2.57 bits per heavy atom. The monoisotopic (exact) mass is 295 g/mol. The summed E-state index contributed by atoms with van der Waals surface area (Å²) in [6.45, 7) is 0.638. The molecule has 0 aliphatic heterocycles. The molecule has 0 aromatic heterocycles. The Morgan fingerprint density at radius 1 is 1.38 bits per heavy atom. The number of carbonyl (C=O) groups is 1. The van der Waals surface area contributed by atoms with Gasteiger partial charge in [-0.2, -0.15) is 0 Å². The molecular weight excluding hydrogens is 274 g/mol. The molecule has 1 atom stereocenters. The van der Waals surface area contributed by atoms with Crippen molar-refractivity contribution in [3.8, 4) is 0 Å². The number of ether oxygens (including phenoxy) is 1. The van der Waals surface area contributed by atoms with E-state index in [1.54, 1.807) is 24.3 Å². The topological polar surface area (TPSA) is 108 Å². The third kappa shape index (κ3) is 4.73. The fourth-order valence-electron chi connectivity index (χ4n) is 1.98. The van der Waals surface area contributed by atoms with E-state index in [2.05, 4.69) is 5.16 Å². The van der Waals surface area contributed by atoms with Gasteiger partial charge in [0.15, 0.2) is 5.84 Å². The molecule has 1 aromatic rings. The first-order valence-electron chi connectivity index (χ1n) is 6.56. The third-order valence-electron chi connectivity index (χ3n) is 3.04. The Hall–Kier alpha value is -2.12. The van der Waals surface area contributed by atoms with E-state index < -0.39 is 5.92 Å². The van der Waals surface area contributed by atoms with E-state index >= 15 is 0 Å². The van der Waals surface area contributed by atoms with Crippen molar-refractivity contribution in [3.63, 3.8) is 0 Å². The average molecular weight is 295 g/mol. The largest absolute Gasteiger partial charge is 0.409 e. The Balaban J connectivity index is 3.03. The molecule has 1 rings (SSSR count). The second-order valence-corrected chi connectivity index (χ2v) is 4.41. The summed E-state index contributed by atoms with van der Waals surface area (Å²) in [6.07, 6.45) is 0. The molecule has 116 valence electrons. The van der Waals surface area contributed by atoms with Crippen LogP contribution in [-0.4, -0.2) is 60.4 Å². The van der Waals surface area contributed by atoms with Crippen molar-refractivity contribution in [2.75, 3.05) is 33.4 Å². The first-order valence-corrected chi connectivity index (χ1v) is 6.56. The van der Waals surface area contributed by atoms with Crippen LogP contribution in [0.2, 0.25) is 0 Å². The van der Waals surface area contributed by atoms with E-state index in [0.717, 1.165) is 0 Å². The van der Waals surface area contributed by atoms with E-state index in [1.165, 1.54) is 12.0 Å². The minimum atomic E-state index is -0.889. The molecular formula is C14H21N3O4. The minimum Gasteiger partial charge on any atom is -0.409 e. The van der Waals surface area contributed by atoms with Crippen LogP contribution in [0.1, 0.15) is 11.5 Å². The highest BCUT2D eigenvalue weighted by Gasteiger charge is 2.29. The summed E-state index contributed by atoms with van der Waals surface area (Å²) in [5.41, 5.74) is 6.29. The predicted molar refractivity (Wildman–Crippen MR) is 78.1 cm³/mol. The van der Waals surface area contributed by atoms with Crippen LogP contribution >= 0.6 is 0 Å². The van der Waals surface area contributed by atoms with Crippen molar-refractivity contribution < 1.29 is 19.8 Å². The molecule has 0 saturated heterocycles. The fourth-order valence-corrected chi connectivity index (χ4v) is 1.98. The molecule has 1 unspecified atom stereocenters. The van der Waals surface area contributed by atoms with Gasteiger partial charge in [-0.05, 0) is 5.56 Å². The Morgan fingerprint density at radius 2 is 2.05 bits per heavy atom. The lowest BCUT2D eigenvalue weighted by atomic mass is 9.96. The number of amidine groups is 1. The molecule has 0 aliphatic rings. The maximum absolute atomic E-state index is 12.6. The van der Waals surface area contributed by atoms with Crippen molar-refractivity contribution >= 4 is 11.7 Å². The normalized spacial score (nSPS) is 13.0. The highest BCUT2D eigenvalue weighted by atomic mass is 16.5. The Bertz CT molecular complexity index is 465. The van der Waals surface area contributed by atoms with Crippen molar-refractivity contribution in [1.82, 2.24) is 4.90 Å². The standard InChI is InChI=1S/C14H21N3O4/c1-21-10-8-17(7-9-18)14(19)12(13(15)16-20)11-5-3-2-4-6-11/h2-6,12,18,20H,7-10H2,1H3,(H2,15,16). The lowest BCUT2D eigenvalue weighted by molar-refractivity contribution is -0.132. The molecule has 7 heteroatoms. The number of amides is 1. The number of hydrogen-bond donors (Lipinski definition) is 3. The van der Waals surface area contributed by atoms with Crippen molar-refractivity contribution in [1.29, 1.82) is 0 Å². The number of nitrogens with zero attached hydrogens (tertiary/aromatic N) is 2. The molecule has 1 aromatic carbocycles. The lowest BCUT2D eigenvalue weighted by Crippen LogP contribution is -2.43. The summed E-state index contributed by atoms with van der Waals surface area (Å²) >= 11 is 0. The van der Waals surface area contributed by atoms with Crippen LogP contribution in [0.3, 0.4) is 0 Å². The molecule has 0 heterocycles. The van der Waals surface area contributed by atoms with Gasteiger partial charge in [0.05, 0.1) is 13.2 Å². The van der Waals surface area contributed by atoms with Gasteiger partial charge >= 0.3 is 0 Å². The molecule has 0 spiro atoms. The number of methoxy groups -OCH3 is 1. The Kier molecular flexibility index (Phi) is 7.20. The van der Waals surface area contributed by atoms with E-state index in [0.29, 0.717) is 18.7 Å². The molecule has 1 amide bonds. The van der Waals surface area contributed by atoms with Crippen LogP contribution < -0.4 is 5.73 Å². The van der Waals surface area contributed by atoms with Gasteiger partial charge in [-0.25, -0.2) is 0 Å². The molecule has 21 heavy (non-hydrogen) atoms. The molecule has 0 bridgehead atoms. The number of nitrogens with two attached hydrogens (primary N) is 1. The van der Waals surface area contributed by atoms with Gasteiger partial charge in [-0.1, -0.05) is 35.5 Å². The maximum Gasteiger partial charge on any atom is 0.238 e. The number of carbonyl (C=O) groups excluding carboxylic acids is 1. The van der Waals surface area contributed by atoms with Crippen LogP contribution in [0.4, 0.5) is 0 Å². The van der Waals surface area contributed by atoms with Crippen LogP contribution in [-0.2, 0) is 9.53 Å². The van der Waals surface area contributed by atoms with Crippen molar-refractivity contribution in [2.45, 2.75) is 5.92 Å². The van der Waals surface area contributed by atoms with E-state index in [1.807, 2.05) is 6.07 Å². The van der Waals surface area contributed by atoms with Crippen molar-refractivity contribution in [2.24, 2.45) is 10.9 Å². The highest BCUT2D eigenvalue weighted by Crippen LogP contribution is 2.19. The van der Waals surface area contributed by atoms with Gasteiger partial charge < -0.3 is 25.7 Å². The summed E-state index contributed by atoms with van der Waals surface area (Å²) in [5.74, 6) is -1.42. The van der Waals surface area contributed by atoms with Gasteiger partial charge in [0.1, 0.15) is 5.92 Å². The molecule has 0 radical (unpaired) electrons. The summed E-state index contributed by atoms with van der Waals surface area (Å²) in [7, 11) is 1.53. The number of aliphatic hydroxyl groups is 1. The highest BCUT2D eigenvalue weighted by molar-refractivity contribution is 6.07. The first-order chi connectivity index (χ1) is 10.2. The second kappa shape index (κ2) is 8.93. The predicted octanol–water partition coefficient (Wildman–Crippen LogP) is -0.0161. The molecule has 7 nitrogen and oxygen atoms in total. The summed E-state index contributed by atoms with van der Waals surface area (Å²) in [6, 6.07) is 8.81. The van der Waals surface area contributed by atoms with Gasteiger partial charge in [0.25, 0.3) is 0 Å². The molecule has 0 aliphatic carbocycles. The van der Waals surface area contributed by atoms with Gasteiger partial charge in [0.2, 0.25) is 5.91 Å². The van der Waals surface area contributed by atoms with Gasteiger partial charge in [-0.15, -0.1) is 0 Å². The summed E-state index contributed by atoms with van der Waals surface area (Å²) in [5, 5.41) is 21.0. The van der Waals surface area contributed by atoms with E-state index in [-0.39, 0.29) is 24.9 Å². The number of rotatable bonds is 8. The zero-order chi connectivity index (χ0) is 15.7. The number of benzene rings is 1. The molecule has 0 saturated carbocycles. The fraction of sp³-hybridized carbons (Fsp3) is 0.429. The number of oxime groups is 1. The van der Waals surface area contributed by atoms with Crippen LogP contribution in [0, 0.1) is 0 Å². The quantitative estimate of drug-likeness (QED) is 0.270. The molecule has 0 fully saturated rings. The third-order valence-corrected chi connectivity index (χ3v) is 3.04. The summed E-state index contributed by atoms with van der Waals surface area (Å²) in [4.78, 5) is 14.1. The van der Waals surface area contributed by atoms with Crippen LogP contribution in [0.15, 0.2) is 35.5 Å². The minimum absolute atomic E-state index is 0.157. The molecule has 4 N–H and O–H groups in total. The van der Waals surface area contributed by atoms with E-state index in [4.69, 9.17) is 20.8 Å². The average Bonchev–Trinajstić information content (AvgIpc) is 2.52. The number of aliphatic hydroxyl groups excluding tert-OH is 1. The van der Waals surface area contributed by atoms with Crippen LogP contribution in [0.25, 0.3) is 0 Å². The van der Waals surface area contributed by atoms with Gasteiger partial charge in [-0.3, -0.25) is 4.79 Å². The zero-order valence-corrected chi connectivity index (χ0v) is 12.0. The number of hydrogen-bond acceptors (Lipinski definition) is 5. The van der Waals surface area contributed by atoms with Gasteiger partial charge in [0, 0.05) is 20.2 Å². The smallest absolute Gasteiger partial charge is 0.238 e. The van der Waals surface area contributed by atoms with Crippen molar-refractivity contribution in [3.05, 3.63) is 35.9 Å². The first kappa shape index (κ1) is 16.9. The van der Waals surface area contributed by atoms with Crippen LogP contribution in [0.5, 0.6) is 0 Å². The lowest BCUT2D eigenvalue weighted by Gasteiger charge is -2.26. The van der Waals surface area contributed by atoms with E-state index in [9.17, 15) is 4.79 Å².